The number of benzene rings is 1. The highest BCUT2D eigenvalue weighted by atomic mass is 19.4. The van der Waals surface area contributed by atoms with Gasteiger partial charge >= 0.3 is 6.18 Å². The lowest BCUT2D eigenvalue weighted by molar-refractivity contribution is -0.138. The molecule has 0 spiro atoms. The van der Waals surface area contributed by atoms with E-state index >= 15 is 0 Å². The fourth-order valence-electron chi connectivity index (χ4n) is 3.64. The van der Waals surface area contributed by atoms with Gasteiger partial charge in [0.2, 0.25) is 0 Å². The van der Waals surface area contributed by atoms with Gasteiger partial charge < -0.3 is 0 Å². The van der Waals surface area contributed by atoms with Crippen LogP contribution in [0.5, 0.6) is 0 Å². The quantitative estimate of drug-likeness (QED) is 0.730. The highest BCUT2D eigenvalue weighted by Gasteiger charge is 2.40. The van der Waals surface area contributed by atoms with E-state index in [4.69, 9.17) is 0 Å². The van der Waals surface area contributed by atoms with Gasteiger partial charge in [-0.1, -0.05) is 24.6 Å². The molecule has 0 N–H and O–H groups in total. The van der Waals surface area contributed by atoms with Crippen LogP contribution in [-0.4, -0.2) is 17.5 Å². The van der Waals surface area contributed by atoms with E-state index in [1.807, 2.05) is 0 Å². The lowest BCUT2D eigenvalue weighted by Crippen LogP contribution is -2.36. The van der Waals surface area contributed by atoms with Crippen LogP contribution < -0.4 is 0 Å². The van der Waals surface area contributed by atoms with Gasteiger partial charge in [-0.15, -0.1) is 0 Å². The van der Waals surface area contributed by atoms with Crippen molar-refractivity contribution in [2.24, 2.45) is 0 Å². The zero-order valence-electron chi connectivity index (χ0n) is 10.8. The molecule has 2 atom stereocenters. The van der Waals surface area contributed by atoms with Crippen LogP contribution in [0.2, 0.25) is 0 Å². The topological polar surface area (TPSA) is 3.24 Å². The monoisotopic (exact) mass is 269 g/mol. The van der Waals surface area contributed by atoms with E-state index < -0.39 is 11.7 Å². The van der Waals surface area contributed by atoms with E-state index in [-0.39, 0.29) is 6.04 Å². The minimum Gasteiger partial charge on any atom is -0.293 e. The van der Waals surface area contributed by atoms with Gasteiger partial charge in [-0.2, -0.15) is 13.2 Å². The summed E-state index contributed by atoms with van der Waals surface area (Å²) < 4.78 is 39.3. The summed E-state index contributed by atoms with van der Waals surface area (Å²) in [6, 6.07) is 6.54. The number of rotatable bonds is 1. The molecule has 0 amide bonds. The number of fused-ring (bicyclic) bond motifs is 1. The Kier molecular flexibility index (Phi) is 3.29. The second kappa shape index (κ2) is 4.82. The van der Waals surface area contributed by atoms with Crippen molar-refractivity contribution in [3.8, 4) is 0 Å². The van der Waals surface area contributed by atoms with E-state index in [9.17, 15) is 13.2 Å². The van der Waals surface area contributed by atoms with E-state index in [1.54, 1.807) is 12.1 Å². The Hall–Kier alpha value is -1.03. The van der Waals surface area contributed by atoms with E-state index in [1.165, 1.54) is 18.6 Å². The fourth-order valence-corrected chi connectivity index (χ4v) is 3.64. The number of piperidine rings is 1. The first-order chi connectivity index (χ1) is 9.07. The molecule has 2 aliphatic rings. The smallest absolute Gasteiger partial charge is 0.293 e. The summed E-state index contributed by atoms with van der Waals surface area (Å²) in [7, 11) is 0. The van der Waals surface area contributed by atoms with Gasteiger partial charge in [0.1, 0.15) is 0 Å². The first-order valence-corrected chi connectivity index (χ1v) is 6.99. The molecule has 0 radical (unpaired) electrons. The molecule has 1 aromatic carbocycles. The molecule has 2 aliphatic heterocycles. The van der Waals surface area contributed by atoms with Gasteiger partial charge in [0.15, 0.2) is 0 Å². The van der Waals surface area contributed by atoms with Crippen LogP contribution in [-0.2, 0) is 6.18 Å². The van der Waals surface area contributed by atoms with Crippen molar-refractivity contribution in [3.63, 3.8) is 0 Å². The normalized spacial score (nSPS) is 28.4. The van der Waals surface area contributed by atoms with Crippen LogP contribution in [0.1, 0.15) is 49.3 Å². The molecule has 0 unspecified atom stereocenters. The van der Waals surface area contributed by atoms with Crippen LogP contribution in [0.25, 0.3) is 0 Å². The molecule has 3 rings (SSSR count). The van der Waals surface area contributed by atoms with Gasteiger partial charge in [-0.25, -0.2) is 0 Å². The molecule has 104 valence electrons. The van der Waals surface area contributed by atoms with Crippen molar-refractivity contribution in [1.82, 2.24) is 4.90 Å². The minimum absolute atomic E-state index is 0.0388. The van der Waals surface area contributed by atoms with Crippen molar-refractivity contribution in [1.29, 1.82) is 0 Å². The summed E-state index contributed by atoms with van der Waals surface area (Å²) in [6.45, 7) is 0.946. The van der Waals surface area contributed by atoms with Gasteiger partial charge in [0.05, 0.1) is 5.56 Å². The standard InChI is InChI=1S/C15H18F3N/c16-15(17,18)13-7-2-1-6-12(13)14-9-8-11-5-3-4-10-19(11)14/h1-2,6-7,11,14H,3-5,8-10H2/t11-,14-/m1/s1. The summed E-state index contributed by atoms with van der Waals surface area (Å²) in [4.78, 5) is 2.30. The maximum atomic E-state index is 13.1. The van der Waals surface area contributed by atoms with Crippen LogP contribution in [0.4, 0.5) is 13.2 Å². The Bertz CT molecular complexity index is 455. The van der Waals surface area contributed by atoms with E-state index in [2.05, 4.69) is 4.90 Å². The molecule has 0 aromatic heterocycles. The molecule has 19 heavy (non-hydrogen) atoms. The van der Waals surface area contributed by atoms with Gasteiger partial charge in [0.25, 0.3) is 0 Å². The maximum Gasteiger partial charge on any atom is 0.416 e. The Morgan fingerprint density at radius 1 is 1.00 bits per heavy atom. The number of alkyl halides is 3. The summed E-state index contributed by atoms with van der Waals surface area (Å²) in [6.07, 6.45) is 1.12. The molecule has 2 heterocycles. The predicted octanol–water partition coefficient (Wildman–Crippen LogP) is 4.39. The zero-order chi connectivity index (χ0) is 13.5. The van der Waals surface area contributed by atoms with Crippen LogP contribution in [0.3, 0.4) is 0 Å². The molecule has 0 saturated carbocycles. The van der Waals surface area contributed by atoms with Crippen molar-refractivity contribution >= 4 is 0 Å². The van der Waals surface area contributed by atoms with E-state index in [0.717, 1.165) is 32.2 Å². The van der Waals surface area contributed by atoms with Crippen molar-refractivity contribution in [2.75, 3.05) is 6.54 Å². The highest BCUT2D eigenvalue weighted by Crippen LogP contribution is 2.44. The van der Waals surface area contributed by atoms with Crippen LogP contribution in [0, 0.1) is 0 Å². The van der Waals surface area contributed by atoms with Crippen molar-refractivity contribution < 1.29 is 13.2 Å². The van der Waals surface area contributed by atoms with Crippen LogP contribution >= 0.6 is 0 Å². The lowest BCUT2D eigenvalue weighted by Gasteiger charge is -2.35. The Morgan fingerprint density at radius 2 is 1.79 bits per heavy atom. The SMILES string of the molecule is FC(F)(F)c1ccccc1[C@H]1CC[C@H]2CCCCN21. The average molecular weight is 269 g/mol. The summed E-state index contributed by atoms with van der Waals surface area (Å²) in [5.74, 6) is 0. The van der Waals surface area contributed by atoms with E-state index in [0.29, 0.717) is 11.6 Å². The predicted molar refractivity (Wildman–Crippen MR) is 67.8 cm³/mol. The zero-order valence-corrected chi connectivity index (χ0v) is 10.8. The molecule has 4 heteroatoms. The van der Waals surface area contributed by atoms with Gasteiger partial charge in [0, 0.05) is 12.1 Å². The summed E-state index contributed by atoms with van der Waals surface area (Å²) >= 11 is 0. The molecule has 2 fully saturated rings. The molecule has 1 aromatic rings. The molecule has 0 bridgehead atoms. The number of nitrogens with zero attached hydrogens (tertiary/aromatic N) is 1. The minimum atomic E-state index is -4.25. The first kappa shape index (κ1) is 13.0. The molecule has 2 saturated heterocycles. The second-order valence-corrected chi connectivity index (χ2v) is 5.57. The van der Waals surface area contributed by atoms with Crippen LogP contribution in [0.15, 0.2) is 24.3 Å². The van der Waals surface area contributed by atoms with Gasteiger partial charge in [-0.05, 0) is 43.9 Å². The lowest BCUT2D eigenvalue weighted by atomic mass is 9.97. The van der Waals surface area contributed by atoms with Gasteiger partial charge in [-0.3, -0.25) is 4.90 Å². The first-order valence-electron chi connectivity index (χ1n) is 6.99. The molecular formula is C15H18F3N. The molecule has 1 nitrogen and oxygen atoms in total. The number of hydrogen-bond donors (Lipinski definition) is 0. The summed E-state index contributed by atoms with van der Waals surface area (Å²) in [5, 5.41) is 0. The largest absolute Gasteiger partial charge is 0.416 e. The number of hydrogen-bond acceptors (Lipinski definition) is 1. The summed E-state index contributed by atoms with van der Waals surface area (Å²) in [5.41, 5.74) is 0.0191. The molecule has 0 aliphatic carbocycles. The Morgan fingerprint density at radius 3 is 2.58 bits per heavy atom. The van der Waals surface area contributed by atoms with Crippen molar-refractivity contribution in [2.45, 2.75) is 50.4 Å². The third kappa shape index (κ3) is 2.38. The molecular weight excluding hydrogens is 251 g/mol. The third-order valence-electron chi connectivity index (χ3n) is 4.47. The Labute approximate surface area is 111 Å². The Balaban J connectivity index is 1.94. The third-order valence-corrected chi connectivity index (χ3v) is 4.47. The number of halogens is 3. The second-order valence-electron chi connectivity index (χ2n) is 5.57. The maximum absolute atomic E-state index is 13.1. The average Bonchev–Trinajstić information content (AvgIpc) is 2.81. The fraction of sp³-hybridized carbons (Fsp3) is 0.600. The highest BCUT2D eigenvalue weighted by molar-refractivity contribution is 5.33. The van der Waals surface area contributed by atoms with Crippen molar-refractivity contribution in [3.05, 3.63) is 35.4 Å².